The van der Waals surface area contributed by atoms with E-state index in [9.17, 15) is 18.5 Å². The van der Waals surface area contributed by atoms with E-state index in [1.165, 1.54) is 34.4 Å². The van der Waals surface area contributed by atoms with Crippen LogP contribution in [-0.4, -0.2) is 17.3 Å². The van der Waals surface area contributed by atoms with Crippen molar-refractivity contribution in [2.24, 2.45) is 0 Å². The van der Waals surface area contributed by atoms with E-state index >= 15 is 0 Å². The number of thiol groups is 1. The van der Waals surface area contributed by atoms with Crippen LogP contribution in [0, 0.1) is 10.1 Å². The minimum absolute atomic E-state index is 0.0306. The molecule has 2 heterocycles. The van der Waals surface area contributed by atoms with Gasteiger partial charge in [-0.25, -0.2) is 23.3 Å². The maximum atomic E-state index is 12.9. The van der Waals surface area contributed by atoms with Gasteiger partial charge >= 0.3 is 0 Å². The molecule has 6 nitrogen and oxygen atoms in total. The molecular formula is C16H16N2O4S2. The van der Waals surface area contributed by atoms with Crippen molar-refractivity contribution in [1.82, 2.24) is 3.97 Å². The molecule has 2 aromatic rings. The highest BCUT2D eigenvalue weighted by molar-refractivity contribution is 8.22. The second-order valence-corrected chi connectivity index (χ2v) is 9.37. The number of aromatic nitrogens is 1. The largest absolute Gasteiger partial charge is 0.269 e. The van der Waals surface area contributed by atoms with E-state index in [0.29, 0.717) is 5.69 Å². The van der Waals surface area contributed by atoms with Gasteiger partial charge in [-0.05, 0) is 42.0 Å². The molecule has 0 aliphatic carbocycles. The van der Waals surface area contributed by atoms with Gasteiger partial charge in [-0.2, -0.15) is 0 Å². The minimum Gasteiger partial charge on any atom is -0.258 e. The molecule has 0 fully saturated rings. The Kier molecular flexibility index (Phi) is 4.33. The lowest BCUT2D eigenvalue weighted by molar-refractivity contribution is -0.384. The van der Waals surface area contributed by atoms with Gasteiger partial charge in [0.2, 0.25) is 0 Å². The van der Waals surface area contributed by atoms with Gasteiger partial charge in [-0.15, -0.1) is 0 Å². The smallest absolute Gasteiger partial charge is 0.258 e. The summed E-state index contributed by atoms with van der Waals surface area (Å²) < 4.78 is 27.0. The predicted molar refractivity (Wildman–Crippen MR) is 95.8 cm³/mol. The summed E-state index contributed by atoms with van der Waals surface area (Å²) in [6.45, 7) is 2.00. The van der Waals surface area contributed by atoms with Gasteiger partial charge in [0.15, 0.2) is 0 Å². The molecule has 0 saturated carbocycles. The lowest BCUT2D eigenvalue weighted by Gasteiger charge is -2.22. The summed E-state index contributed by atoms with van der Waals surface area (Å²) in [5.41, 5.74) is 0.565. The normalized spacial score (nSPS) is 16.5. The number of nitrogens with zero attached hydrogens (tertiary/aromatic N) is 2. The van der Waals surface area contributed by atoms with Crippen LogP contribution < -0.4 is 0 Å². The van der Waals surface area contributed by atoms with Crippen molar-refractivity contribution >= 4 is 26.6 Å². The van der Waals surface area contributed by atoms with Crippen LogP contribution in [0.1, 0.15) is 17.9 Å². The number of allylic oxidation sites excluding steroid dienone is 2. The quantitative estimate of drug-likeness (QED) is 0.498. The Bertz CT molecular complexity index is 915. The third kappa shape index (κ3) is 2.90. The molecule has 0 bridgehead atoms. The summed E-state index contributed by atoms with van der Waals surface area (Å²) in [6, 6.07) is 8.44. The number of hydrogen-bond donors (Lipinski definition) is 1. The van der Waals surface area contributed by atoms with Crippen LogP contribution in [0.2, 0.25) is 0 Å². The fraction of sp³-hybridized carbons (Fsp3) is 0.125. The van der Waals surface area contributed by atoms with Gasteiger partial charge in [0.1, 0.15) is 0 Å². The van der Waals surface area contributed by atoms with Crippen molar-refractivity contribution < 1.29 is 13.3 Å². The first-order valence-electron chi connectivity index (χ1n) is 7.21. The van der Waals surface area contributed by atoms with E-state index in [2.05, 4.69) is 10.8 Å². The number of nitro benzene ring substituents is 1. The molecule has 0 radical (unpaired) electrons. The molecule has 1 aromatic heterocycles. The molecule has 1 aliphatic rings. The van der Waals surface area contributed by atoms with E-state index in [0.717, 1.165) is 0 Å². The zero-order valence-corrected chi connectivity index (χ0v) is 14.5. The van der Waals surface area contributed by atoms with Crippen LogP contribution in [0.4, 0.5) is 5.69 Å². The molecule has 8 heteroatoms. The molecule has 0 amide bonds. The molecule has 0 saturated heterocycles. The number of nitro groups is 1. The van der Waals surface area contributed by atoms with Crippen molar-refractivity contribution in [3.8, 4) is 0 Å². The van der Waals surface area contributed by atoms with Crippen molar-refractivity contribution in [2.45, 2.75) is 17.1 Å². The van der Waals surface area contributed by atoms with Crippen molar-refractivity contribution in [3.05, 3.63) is 81.4 Å². The van der Waals surface area contributed by atoms with Crippen molar-refractivity contribution in [2.75, 3.05) is 0 Å². The van der Waals surface area contributed by atoms with Gasteiger partial charge in [-0.3, -0.25) is 10.1 Å². The fourth-order valence-electron chi connectivity index (χ4n) is 2.53. The number of hydrogen-bond acceptors (Lipinski definition) is 4. The number of non-ortho nitro benzene ring substituents is 1. The molecule has 3 rings (SSSR count). The summed E-state index contributed by atoms with van der Waals surface area (Å²) in [5, 5.41) is 15.0. The lowest BCUT2D eigenvalue weighted by atomic mass is 10.3. The highest BCUT2D eigenvalue weighted by Gasteiger charge is 2.24. The Morgan fingerprint density at radius 1 is 1.12 bits per heavy atom. The monoisotopic (exact) mass is 364 g/mol. The molecule has 0 spiro atoms. The topological polar surface area (TPSA) is 82.2 Å². The van der Waals surface area contributed by atoms with Crippen LogP contribution in [0.5, 0.6) is 0 Å². The van der Waals surface area contributed by atoms with E-state index in [1.54, 1.807) is 12.1 Å². The molecular weight excluding hydrogens is 348 g/mol. The highest BCUT2D eigenvalue weighted by Crippen LogP contribution is 2.47. The highest BCUT2D eigenvalue weighted by atomic mass is 32.2. The van der Waals surface area contributed by atoms with Crippen LogP contribution in [-0.2, 0) is 10.0 Å². The minimum atomic E-state index is -3.79. The standard InChI is InChI=1S/C16H16N2O4S2/c1-13(23-11-2-3-12-23)16-5-4-10-17(16)24(21,22)15-8-6-14(7-9-15)18(19)20/h2-13,23H,1H3/t13-/m1/s1. The third-order valence-electron chi connectivity index (χ3n) is 3.85. The average molecular weight is 364 g/mol. The molecule has 126 valence electrons. The Balaban J connectivity index is 1.99. The molecule has 0 unspecified atom stereocenters. The zero-order valence-electron chi connectivity index (χ0n) is 12.8. The molecule has 24 heavy (non-hydrogen) atoms. The zero-order chi connectivity index (χ0) is 17.3. The fourth-order valence-corrected chi connectivity index (χ4v) is 5.77. The molecule has 1 aromatic carbocycles. The summed E-state index contributed by atoms with van der Waals surface area (Å²) >= 11 is 0. The Morgan fingerprint density at radius 2 is 1.75 bits per heavy atom. The first kappa shape index (κ1) is 16.5. The van der Waals surface area contributed by atoms with Gasteiger partial charge in [0.05, 0.1) is 9.82 Å². The van der Waals surface area contributed by atoms with E-state index in [4.69, 9.17) is 0 Å². The van der Waals surface area contributed by atoms with E-state index < -0.39 is 25.8 Å². The number of rotatable bonds is 5. The Morgan fingerprint density at radius 3 is 2.33 bits per heavy atom. The van der Waals surface area contributed by atoms with Crippen molar-refractivity contribution in [3.63, 3.8) is 0 Å². The van der Waals surface area contributed by atoms with E-state index in [-0.39, 0.29) is 15.8 Å². The Hall–Kier alpha value is -2.32. The van der Waals surface area contributed by atoms with Crippen molar-refractivity contribution in [1.29, 1.82) is 0 Å². The number of benzene rings is 1. The second kappa shape index (κ2) is 6.29. The van der Waals surface area contributed by atoms with Gasteiger partial charge in [0.25, 0.3) is 15.7 Å². The van der Waals surface area contributed by atoms with Gasteiger partial charge in [-0.1, -0.05) is 12.2 Å². The summed E-state index contributed by atoms with van der Waals surface area (Å²) in [5.74, 6) is 0. The third-order valence-corrected chi connectivity index (χ3v) is 7.76. The maximum absolute atomic E-state index is 12.9. The van der Waals surface area contributed by atoms with E-state index in [1.807, 2.05) is 19.1 Å². The Labute approximate surface area is 142 Å². The molecule has 0 N–H and O–H groups in total. The first-order chi connectivity index (χ1) is 11.4. The van der Waals surface area contributed by atoms with Crippen LogP contribution >= 0.6 is 10.9 Å². The molecule has 1 aliphatic heterocycles. The first-order valence-corrected chi connectivity index (χ1v) is 10.2. The summed E-state index contributed by atoms with van der Waals surface area (Å²) in [7, 11) is -4.33. The predicted octanol–water partition coefficient (Wildman–Crippen LogP) is 3.74. The van der Waals surface area contributed by atoms with Gasteiger partial charge in [0, 0.05) is 29.3 Å². The maximum Gasteiger partial charge on any atom is 0.269 e. The van der Waals surface area contributed by atoms with Crippen LogP contribution in [0.25, 0.3) is 0 Å². The summed E-state index contributed by atoms with van der Waals surface area (Å²) in [4.78, 5) is 10.2. The lowest BCUT2D eigenvalue weighted by Crippen LogP contribution is -2.16. The van der Waals surface area contributed by atoms with Crippen LogP contribution in [0.15, 0.2) is 70.5 Å². The van der Waals surface area contributed by atoms with Gasteiger partial charge < -0.3 is 0 Å². The van der Waals surface area contributed by atoms with Crippen LogP contribution in [0.3, 0.4) is 0 Å². The second-order valence-electron chi connectivity index (χ2n) is 5.29. The summed E-state index contributed by atoms with van der Waals surface area (Å²) in [6.07, 6.45) is 5.46. The SMILES string of the molecule is C[C@H](c1cccn1S(=O)(=O)c1ccc([N+](=O)[O-])cc1)[SH]1C=CC=C1. The average Bonchev–Trinajstić information content (AvgIpc) is 3.26. The molecule has 1 atom stereocenters.